The van der Waals surface area contributed by atoms with Crippen LogP contribution in [-0.2, 0) is 17.0 Å². The molecule has 0 aliphatic heterocycles. The van der Waals surface area contributed by atoms with Crippen LogP contribution in [0.15, 0.2) is 48.5 Å². The minimum atomic E-state index is -0.468. The second-order valence-electron chi connectivity index (χ2n) is 5.09. The third-order valence-electron chi connectivity index (χ3n) is 3.29. The number of carbonyl (C=O) groups excluding carboxylic acids is 1. The van der Waals surface area contributed by atoms with Crippen LogP contribution < -0.4 is 5.32 Å². The summed E-state index contributed by atoms with van der Waals surface area (Å²) in [4.78, 5) is 22.4. The molecule has 0 aliphatic rings. The predicted octanol–water partition coefficient (Wildman–Crippen LogP) is 3.84. The van der Waals surface area contributed by atoms with Crippen LogP contribution in [0.5, 0.6) is 0 Å². The smallest absolute Gasteiger partial charge is 0.273 e. The molecule has 2 aromatic carbocycles. The number of nitro groups is 1. The van der Waals surface area contributed by atoms with Crippen molar-refractivity contribution in [1.29, 1.82) is 0 Å². The number of nitrogens with one attached hydrogen (secondary N) is 1. The Labute approximate surface area is 149 Å². The largest absolute Gasteiger partial charge is 0.355 e. The number of benzene rings is 2. The van der Waals surface area contributed by atoms with E-state index in [1.165, 1.54) is 11.6 Å². The minimum absolute atomic E-state index is 0.0129. The van der Waals surface area contributed by atoms with Crippen molar-refractivity contribution in [2.24, 2.45) is 0 Å². The maximum atomic E-state index is 11.9. The van der Waals surface area contributed by atoms with E-state index in [2.05, 4.69) is 5.32 Å². The van der Waals surface area contributed by atoms with Gasteiger partial charge in [0, 0.05) is 34.7 Å². The molecule has 0 fully saturated rings. The third kappa shape index (κ3) is 5.86. The van der Waals surface area contributed by atoms with Crippen molar-refractivity contribution in [3.05, 3.63) is 74.8 Å². The van der Waals surface area contributed by atoms with Crippen LogP contribution in [0.2, 0.25) is 5.02 Å². The molecule has 1 amide bonds. The first-order valence-electron chi connectivity index (χ1n) is 7.37. The van der Waals surface area contributed by atoms with Gasteiger partial charge in [0.1, 0.15) is 0 Å². The highest BCUT2D eigenvalue weighted by Crippen LogP contribution is 2.18. The number of nitrogens with zero attached hydrogens (tertiary/aromatic N) is 1. The Hall–Kier alpha value is -2.05. The summed E-state index contributed by atoms with van der Waals surface area (Å²) < 4.78 is 0. The number of hydrogen-bond acceptors (Lipinski definition) is 4. The van der Waals surface area contributed by atoms with Gasteiger partial charge < -0.3 is 5.32 Å². The van der Waals surface area contributed by atoms with Gasteiger partial charge in [-0.05, 0) is 17.7 Å². The highest BCUT2D eigenvalue weighted by Gasteiger charge is 2.14. The van der Waals surface area contributed by atoms with E-state index in [1.807, 2.05) is 24.3 Å². The molecule has 126 valence electrons. The monoisotopic (exact) mass is 364 g/mol. The molecule has 0 unspecified atom stereocenters. The van der Waals surface area contributed by atoms with Crippen LogP contribution in [0.25, 0.3) is 0 Å². The fraction of sp³-hybridized carbons (Fsp3) is 0.235. The average Bonchev–Trinajstić information content (AvgIpc) is 2.56. The Morgan fingerprint density at radius 1 is 1.17 bits per heavy atom. The number of thioether (sulfide) groups is 1. The predicted molar refractivity (Wildman–Crippen MR) is 97.4 cm³/mol. The molecule has 0 saturated heterocycles. The van der Waals surface area contributed by atoms with Crippen LogP contribution in [0.4, 0.5) is 5.69 Å². The van der Waals surface area contributed by atoms with E-state index in [1.54, 1.807) is 30.0 Å². The molecule has 0 spiro atoms. The number of nitro benzene ring substituents is 1. The van der Waals surface area contributed by atoms with E-state index in [-0.39, 0.29) is 18.0 Å². The summed E-state index contributed by atoms with van der Waals surface area (Å²) in [6.45, 7) is 0.526. The number of carbonyl (C=O) groups is 1. The van der Waals surface area contributed by atoms with E-state index in [9.17, 15) is 14.9 Å². The molecule has 2 aromatic rings. The molecular weight excluding hydrogens is 348 g/mol. The quantitative estimate of drug-likeness (QED) is 0.439. The summed E-state index contributed by atoms with van der Waals surface area (Å²) in [6.07, 6.45) is 0.0129. The Balaban J connectivity index is 1.70. The van der Waals surface area contributed by atoms with Gasteiger partial charge in [0.15, 0.2) is 0 Å². The van der Waals surface area contributed by atoms with E-state index < -0.39 is 4.92 Å². The summed E-state index contributed by atoms with van der Waals surface area (Å²) in [5, 5.41) is 14.4. The summed E-state index contributed by atoms with van der Waals surface area (Å²) in [5.41, 5.74) is 1.58. The molecule has 0 saturated carbocycles. The summed E-state index contributed by atoms with van der Waals surface area (Å²) in [7, 11) is 0. The van der Waals surface area contributed by atoms with Crippen molar-refractivity contribution in [3.8, 4) is 0 Å². The normalized spacial score (nSPS) is 10.4. The lowest BCUT2D eigenvalue weighted by Gasteiger charge is -2.06. The lowest BCUT2D eigenvalue weighted by molar-refractivity contribution is -0.385. The molecule has 0 radical (unpaired) electrons. The minimum Gasteiger partial charge on any atom is -0.355 e. The van der Waals surface area contributed by atoms with Crippen molar-refractivity contribution in [2.45, 2.75) is 12.2 Å². The first-order valence-corrected chi connectivity index (χ1v) is 8.90. The molecule has 7 heteroatoms. The van der Waals surface area contributed by atoms with Gasteiger partial charge in [-0.25, -0.2) is 0 Å². The van der Waals surface area contributed by atoms with Crippen LogP contribution in [0, 0.1) is 10.1 Å². The highest BCUT2D eigenvalue weighted by molar-refractivity contribution is 7.98. The fourth-order valence-corrected chi connectivity index (χ4v) is 3.05. The van der Waals surface area contributed by atoms with Gasteiger partial charge in [-0.3, -0.25) is 14.9 Å². The van der Waals surface area contributed by atoms with E-state index in [4.69, 9.17) is 11.6 Å². The topological polar surface area (TPSA) is 72.2 Å². The molecule has 1 N–H and O–H groups in total. The second-order valence-corrected chi connectivity index (χ2v) is 6.63. The number of rotatable bonds is 8. The Bertz CT molecular complexity index is 707. The van der Waals surface area contributed by atoms with E-state index in [0.717, 1.165) is 11.5 Å². The molecular formula is C17H17ClN2O3S. The second kappa shape index (κ2) is 9.30. The molecule has 2 rings (SSSR count). The number of hydrogen-bond donors (Lipinski definition) is 1. The Morgan fingerprint density at radius 2 is 1.88 bits per heavy atom. The molecule has 0 atom stereocenters. The maximum Gasteiger partial charge on any atom is 0.273 e. The van der Waals surface area contributed by atoms with Gasteiger partial charge in [0.25, 0.3) is 5.69 Å². The number of amides is 1. The van der Waals surface area contributed by atoms with Crippen molar-refractivity contribution < 1.29 is 9.72 Å². The van der Waals surface area contributed by atoms with Crippen LogP contribution in [0.3, 0.4) is 0 Å². The zero-order valence-corrected chi connectivity index (χ0v) is 14.5. The van der Waals surface area contributed by atoms with Gasteiger partial charge in [-0.1, -0.05) is 41.9 Å². The first-order chi connectivity index (χ1) is 11.6. The standard InChI is InChI=1S/C17H17ClN2O3S/c18-15-7-5-13(6-8-15)12-24-10-9-19-17(21)11-14-3-1-2-4-16(14)20(22)23/h1-8H,9-12H2,(H,19,21). The van der Waals surface area contributed by atoms with Crippen molar-refractivity contribution in [1.82, 2.24) is 5.32 Å². The maximum absolute atomic E-state index is 11.9. The van der Waals surface area contributed by atoms with Crippen LogP contribution in [-0.4, -0.2) is 23.1 Å². The fourth-order valence-electron chi connectivity index (χ4n) is 2.11. The van der Waals surface area contributed by atoms with E-state index in [0.29, 0.717) is 17.1 Å². The van der Waals surface area contributed by atoms with Crippen molar-refractivity contribution in [2.75, 3.05) is 12.3 Å². The number of halogens is 1. The SMILES string of the molecule is O=C(Cc1ccccc1[N+](=O)[O-])NCCSCc1ccc(Cl)cc1. The summed E-state index contributed by atoms with van der Waals surface area (Å²) in [6, 6.07) is 13.9. The molecule has 0 aromatic heterocycles. The molecule has 0 heterocycles. The zero-order valence-electron chi connectivity index (χ0n) is 12.9. The van der Waals surface area contributed by atoms with Crippen molar-refractivity contribution >= 4 is 35.0 Å². The van der Waals surface area contributed by atoms with Gasteiger partial charge in [-0.2, -0.15) is 11.8 Å². The van der Waals surface area contributed by atoms with Gasteiger partial charge in [-0.15, -0.1) is 0 Å². The molecule has 0 aliphatic carbocycles. The highest BCUT2D eigenvalue weighted by atomic mass is 35.5. The molecule has 24 heavy (non-hydrogen) atoms. The first kappa shape index (κ1) is 18.3. The van der Waals surface area contributed by atoms with Crippen molar-refractivity contribution in [3.63, 3.8) is 0 Å². The molecule has 5 nitrogen and oxygen atoms in total. The van der Waals surface area contributed by atoms with Crippen LogP contribution in [0.1, 0.15) is 11.1 Å². The Kier molecular flexibility index (Phi) is 7.08. The zero-order chi connectivity index (χ0) is 17.4. The van der Waals surface area contributed by atoms with Gasteiger partial charge in [0.05, 0.1) is 11.3 Å². The molecule has 0 bridgehead atoms. The van der Waals surface area contributed by atoms with Gasteiger partial charge in [0.2, 0.25) is 5.91 Å². The lowest BCUT2D eigenvalue weighted by Crippen LogP contribution is -2.27. The summed E-state index contributed by atoms with van der Waals surface area (Å²) >= 11 is 7.53. The lowest BCUT2D eigenvalue weighted by atomic mass is 10.1. The Morgan fingerprint density at radius 3 is 2.58 bits per heavy atom. The third-order valence-corrected chi connectivity index (χ3v) is 4.57. The van der Waals surface area contributed by atoms with Gasteiger partial charge >= 0.3 is 0 Å². The number of para-hydroxylation sites is 1. The average molecular weight is 365 g/mol. The van der Waals surface area contributed by atoms with E-state index >= 15 is 0 Å². The van der Waals surface area contributed by atoms with Crippen LogP contribution >= 0.6 is 23.4 Å². The summed E-state index contributed by atoms with van der Waals surface area (Å²) in [5.74, 6) is 1.40.